The maximum absolute atomic E-state index is 8.82. The largest absolute Gasteiger partial charge is 0.396 e. The van der Waals surface area contributed by atoms with Crippen molar-refractivity contribution < 1.29 is 9.84 Å². The van der Waals surface area contributed by atoms with Gasteiger partial charge in [-0.2, -0.15) is 0 Å². The van der Waals surface area contributed by atoms with Crippen molar-refractivity contribution in [1.82, 2.24) is 0 Å². The molecule has 1 heterocycles. The van der Waals surface area contributed by atoms with Crippen LogP contribution in [-0.2, 0) is 4.74 Å². The van der Waals surface area contributed by atoms with Crippen LogP contribution in [-0.4, -0.2) is 24.4 Å². The molecule has 0 amide bonds. The first-order chi connectivity index (χ1) is 4.14. The van der Waals surface area contributed by atoms with E-state index in [1.54, 1.807) is 0 Å². The Morgan fingerprint density at radius 1 is 1.67 bits per heavy atom. The molecule has 2 nitrogen and oxygen atoms in total. The van der Waals surface area contributed by atoms with Crippen molar-refractivity contribution in [3.05, 3.63) is 0 Å². The van der Waals surface area contributed by atoms with E-state index in [0.29, 0.717) is 6.10 Å². The average Bonchev–Trinajstić information content (AvgIpc) is 2.50. The van der Waals surface area contributed by atoms with Crippen LogP contribution in [0.2, 0.25) is 0 Å². The van der Waals surface area contributed by atoms with E-state index in [4.69, 9.17) is 9.84 Å². The zero-order valence-corrected chi connectivity index (χ0v) is 6.05. The minimum atomic E-state index is 0.0567. The van der Waals surface area contributed by atoms with Gasteiger partial charge < -0.3 is 9.84 Å². The summed E-state index contributed by atoms with van der Waals surface area (Å²) in [5, 5.41) is 8.82. The molecule has 1 fully saturated rings. The standard InChI is InChI=1S/C7H14O2/c1-7(2,5-8)3-6-4-9-6/h6,8H,3-5H2,1-2H3. The second-order valence-corrected chi connectivity index (χ2v) is 3.48. The van der Waals surface area contributed by atoms with Gasteiger partial charge in [0.1, 0.15) is 0 Å². The summed E-state index contributed by atoms with van der Waals surface area (Å²) in [6, 6.07) is 0. The number of rotatable bonds is 3. The molecule has 1 aliphatic rings. The maximum atomic E-state index is 8.82. The Labute approximate surface area is 55.8 Å². The molecule has 1 saturated heterocycles. The molecule has 0 bridgehead atoms. The smallest absolute Gasteiger partial charge is 0.0815 e. The van der Waals surface area contributed by atoms with E-state index in [2.05, 4.69) is 13.8 Å². The van der Waals surface area contributed by atoms with E-state index in [0.717, 1.165) is 13.0 Å². The van der Waals surface area contributed by atoms with Crippen molar-refractivity contribution in [3.63, 3.8) is 0 Å². The summed E-state index contributed by atoms with van der Waals surface area (Å²) < 4.78 is 5.04. The lowest BCUT2D eigenvalue weighted by molar-refractivity contribution is 0.139. The van der Waals surface area contributed by atoms with Crippen LogP contribution < -0.4 is 0 Å². The molecule has 1 unspecified atom stereocenters. The van der Waals surface area contributed by atoms with Crippen LogP contribution in [0.5, 0.6) is 0 Å². The summed E-state index contributed by atoms with van der Waals surface area (Å²) in [5.74, 6) is 0. The van der Waals surface area contributed by atoms with E-state index in [9.17, 15) is 0 Å². The van der Waals surface area contributed by atoms with Gasteiger partial charge in [0.15, 0.2) is 0 Å². The highest BCUT2D eigenvalue weighted by Gasteiger charge is 2.30. The molecule has 0 aromatic carbocycles. The molecule has 1 atom stereocenters. The Hall–Kier alpha value is -0.0800. The number of aliphatic hydroxyl groups excluding tert-OH is 1. The van der Waals surface area contributed by atoms with Gasteiger partial charge in [0, 0.05) is 6.61 Å². The summed E-state index contributed by atoms with van der Waals surface area (Å²) in [5.41, 5.74) is 0.0567. The number of hydrogen-bond acceptors (Lipinski definition) is 2. The molecule has 1 aliphatic heterocycles. The molecule has 0 saturated carbocycles. The fourth-order valence-corrected chi connectivity index (χ4v) is 0.867. The highest BCUT2D eigenvalue weighted by Crippen LogP contribution is 2.28. The highest BCUT2D eigenvalue weighted by atomic mass is 16.6. The van der Waals surface area contributed by atoms with Crippen molar-refractivity contribution in [2.45, 2.75) is 26.4 Å². The second kappa shape index (κ2) is 2.27. The Morgan fingerprint density at radius 3 is 2.56 bits per heavy atom. The molecule has 0 spiro atoms. The monoisotopic (exact) mass is 130 g/mol. The SMILES string of the molecule is CC(C)(CO)CC1CO1. The Balaban J connectivity index is 2.21. The maximum Gasteiger partial charge on any atom is 0.0815 e. The van der Waals surface area contributed by atoms with Crippen LogP contribution in [0.25, 0.3) is 0 Å². The van der Waals surface area contributed by atoms with Crippen LogP contribution in [0, 0.1) is 5.41 Å². The van der Waals surface area contributed by atoms with Crippen LogP contribution in [0.4, 0.5) is 0 Å². The third-order valence-corrected chi connectivity index (χ3v) is 1.61. The minimum Gasteiger partial charge on any atom is -0.396 e. The van der Waals surface area contributed by atoms with Crippen molar-refractivity contribution in [3.8, 4) is 0 Å². The molecule has 0 radical (unpaired) electrons. The summed E-state index contributed by atoms with van der Waals surface area (Å²) in [4.78, 5) is 0. The van der Waals surface area contributed by atoms with Crippen molar-refractivity contribution in [2.75, 3.05) is 13.2 Å². The van der Waals surface area contributed by atoms with E-state index in [1.165, 1.54) is 0 Å². The Kier molecular flexibility index (Phi) is 1.78. The number of ether oxygens (including phenoxy) is 1. The second-order valence-electron chi connectivity index (χ2n) is 3.48. The number of hydrogen-bond donors (Lipinski definition) is 1. The van der Waals surface area contributed by atoms with Crippen LogP contribution in [0.3, 0.4) is 0 Å². The molecule has 54 valence electrons. The highest BCUT2D eigenvalue weighted by molar-refractivity contribution is 4.78. The molecular formula is C7H14O2. The first-order valence-electron chi connectivity index (χ1n) is 3.36. The molecule has 0 aliphatic carbocycles. The predicted octanol–water partition coefficient (Wildman–Crippen LogP) is 0.794. The molecule has 2 heteroatoms. The summed E-state index contributed by atoms with van der Waals surface area (Å²) in [7, 11) is 0. The molecule has 0 aromatic rings. The molecular weight excluding hydrogens is 116 g/mol. The van der Waals surface area contributed by atoms with Gasteiger partial charge in [-0.15, -0.1) is 0 Å². The third-order valence-electron chi connectivity index (χ3n) is 1.61. The van der Waals surface area contributed by atoms with Crippen molar-refractivity contribution in [1.29, 1.82) is 0 Å². The van der Waals surface area contributed by atoms with Crippen LogP contribution in [0.15, 0.2) is 0 Å². The van der Waals surface area contributed by atoms with Gasteiger partial charge in [-0.25, -0.2) is 0 Å². The first kappa shape index (κ1) is 7.03. The Morgan fingerprint density at radius 2 is 2.22 bits per heavy atom. The summed E-state index contributed by atoms with van der Waals surface area (Å²) >= 11 is 0. The number of epoxide rings is 1. The zero-order valence-electron chi connectivity index (χ0n) is 6.05. The van der Waals surface area contributed by atoms with Gasteiger partial charge in [0.05, 0.1) is 12.7 Å². The zero-order chi connectivity index (χ0) is 6.91. The average molecular weight is 130 g/mol. The van der Waals surface area contributed by atoms with E-state index >= 15 is 0 Å². The van der Waals surface area contributed by atoms with Gasteiger partial charge in [0.25, 0.3) is 0 Å². The quantitative estimate of drug-likeness (QED) is 0.573. The first-order valence-corrected chi connectivity index (χ1v) is 3.36. The molecule has 9 heavy (non-hydrogen) atoms. The molecule has 1 N–H and O–H groups in total. The van der Waals surface area contributed by atoms with Crippen LogP contribution >= 0.6 is 0 Å². The van der Waals surface area contributed by atoms with E-state index in [1.807, 2.05) is 0 Å². The van der Waals surface area contributed by atoms with Gasteiger partial charge in [-0.3, -0.25) is 0 Å². The van der Waals surface area contributed by atoms with E-state index in [-0.39, 0.29) is 12.0 Å². The summed E-state index contributed by atoms with van der Waals surface area (Å²) in [6.07, 6.45) is 1.43. The lowest BCUT2D eigenvalue weighted by Crippen LogP contribution is -2.18. The van der Waals surface area contributed by atoms with E-state index < -0.39 is 0 Å². The van der Waals surface area contributed by atoms with Gasteiger partial charge in [-0.1, -0.05) is 13.8 Å². The molecule has 1 rings (SSSR count). The number of aliphatic hydroxyl groups is 1. The fraction of sp³-hybridized carbons (Fsp3) is 1.00. The van der Waals surface area contributed by atoms with Crippen molar-refractivity contribution >= 4 is 0 Å². The van der Waals surface area contributed by atoms with Crippen molar-refractivity contribution in [2.24, 2.45) is 5.41 Å². The molecule has 0 aromatic heterocycles. The lowest BCUT2D eigenvalue weighted by atomic mass is 9.89. The minimum absolute atomic E-state index is 0.0567. The summed E-state index contributed by atoms with van der Waals surface area (Å²) in [6.45, 7) is 5.25. The van der Waals surface area contributed by atoms with Gasteiger partial charge >= 0.3 is 0 Å². The normalized spacial score (nSPS) is 26.3. The van der Waals surface area contributed by atoms with Gasteiger partial charge in [0.2, 0.25) is 0 Å². The fourth-order valence-electron chi connectivity index (χ4n) is 0.867. The van der Waals surface area contributed by atoms with Crippen LogP contribution in [0.1, 0.15) is 20.3 Å². The third kappa shape index (κ3) is 2.33. The lowest BCUT2D eigenvalue weighted by Gasteiger charge is -2.19. The Bertz CT molecular complexity index is 95.1. The topological polar surface area (TPSA) is 32.8 Å². The van der Waals surface area contributed by atoms with Gasteiger partial charge in [-0.05, 0) is 11.8 Å². The predicted molar refractivity (Wildman–Crippen MR) is 35.2 cm³/mol.